The van der Waals surface area contributed by atoms with Crippen molar-refractivity contribution in [3.05, 3.63) is 40.9 Å². The maximum atomic E-state index is 3.62. The molecule has 1 heterocycles. The van der Waals surface area contributed by atoms with Crippen LogP contribution in [0.1, 0.15) is 6.42 Å². The Bertz CT molecular complexity index is 535. The normalized spacial score (nSPS) is 19.7. The summed E-state index contributed by atoms with van der Waals surface area (Å²) in [5, 5.41) is 6.19. The lowest BCUT2D eigenvalue weighted by Gasteiger charge is -2.13. The van der Waals surface area contributed by atoms with Gasteiger partial charge in [0, 0.05) is 22.0 Å². The highest BCUT2D eigenvalue weighted by Crippen LogP contribution is 2.25. The third kappa shape index (κ3) is 2.61. The Morgan fingerprint density at radius 1 is 1.12 bits per heavy atom. The van der Waals surface area contributed by atoms with Gasteiger partial charge in [-0.2, -0.15) is 11.8 Å². The second-order valence-electron chi connectivity index (χ2n) is 4.41. The predicted molar refractivity (Wildman–Crippen MR) is 81.0 cm³/mol. The molecule has 0 saturated carbocycles. The van der Waals surface area contributed by atoms with Gasteiger partial charge < -0.3 is 5.32 Å². The van der Waals surface area contributed by atoms with E-state index in [2.05, 4.69) is 57.6 Å². The molecule has 1 saturated heterocycles. The van der Waals surface area contributed by atoms with Crippen molar-refractivity contribution in [1.82, 2.24) is 0 Å². The standard InChI is InChI=1S/C14H14BrNS/c15-12-3-1-11-8-13(4-2-10(11)7-12)16-14-5-6-17-9-14/h1-4,7-8,14,16H,5-6,9H2. The Balaban J connectivity index is 1.88. The molecule has 1 N–H and O–H groups in total. The molecule has 0 bridgehead atoms. The molecule has 1 nitrogen and oxygen atoms in total. The zero-order valence-corrected chi connectivity index (χ0v) is 11.9. The molecule has 2 aromatic carbocycles. The smallest absolute Gasteiger partial charge is 0.0359 e. The molecule has 1 fully saturated rings. The number of hydrogen-bond acceptors (Lipinski definition) is 2. The largest absolute Gasteiger partial charge is 0.381 e. The summed E-state index contributed by atoms with van der Waals surface area (Å²) in [6, 6.07) is 13.7. The maximum absolute atomic E-state index is 3.62. The number of benzene rings is 2. The highest BCUT2D eigenvalue weighted by Gasteiger charge is 2.14. The molecule has 88 valence electrons. The van der Waals surface area contributed by atoms with Crippen molar-refractivity contribution in [2.24, 2.45) is 0 Å². The Kier molecular flexibility index (Phi) is 3.30. The van der Waals surface area contributed by atoms with Crippen LogP contribution >= 0.6 is 27.7 Å². The summed E-state index contributed by atoms with van der Waals surface area (Å²) in [5.74, 6) is 2.52. The van der Waals surface area contributed by atoms with Crippen LogP contribution in [-0.2, 0) is 0 Å². The van der Waals surface area contributed by atoms with Gasteiger partial charge in [0.2, 0.25) is 0 Å². The van der Waals surface area contributed by atoms with Crippen LogP contribution in [0.25, 0.3) is 10.8 Å². The van der Waals surface area contributed by atoms with Crippen molar-refractivity contribution in [2.45, 2.75) is 12.5 Å². The molecule has 2 aromatic rings. The van der Waals surface area contributed by atoms with E-state index in [-0.39, 0.29) is 0 Å². The molecule has 3 heteroatoms. The summed E-state index contributed by atoms with van der Waals surface area (Å²) in [7, 11) is 0. The van der Waals surface area contributed by atoms with Crippen molar-refractivity contribution >= 4 is 44.2 Å². The highest BCUT2D eigenvalue weighted by atomic mass is 79.9. The van der Waals surface area contributed by atoms with Crippen molar-refractivity contribution in [2.75, 3.05) is 16.8 Å². The molecule has 0 aliphatic carbocycles. The summed E-state index contributed by atoms with van der Waals surface area (Å²) in [4.78, 5) is 0. The van der Waals surface area contributed by atoms with Crippen molar-refractivity contribution < 1.29 is 0 Å². The van der Waals surface area contributed by atoms with Crippen LogP contribution in [0.5, 0.6) is 0 Å². The predicted octanol–water partition coefficient (Wildman–Crippen LogP) is 4.52. The van der Waals surface area contributed by atoms with Gasteiger partial charge in [-0.05, 0) is 47.2 Å². The van der Waals surface area contributed by atoms with Crippen LogP contribution in [-0.4, -0.2) is 17.5 Å². The van der Waals surface area contributed by atoms with E-state index in [1.807, 2.05) is 11.8 Å². The van der Waals surface area contributed by atoms with E-state index in [1.165, 1.54) is 34.4 Å². The molecule has 0 aromatic heterocycles. The van der Waals surface area contributed by atoms with Gasteiger partial charge in [0.05, 0.1) is 0 Å². The summed E-state index contributed by atoms with van der Waals surface area (Å²) in [6.07, 6.45) is 1.28. The van der Waals surface area contributed by atoms with Gasteiger partial charge in [-0.15, -0.1) is 0 Å². The van der Waals surface area contributed by atoms with Crippen molar-refractivity contribution in [3.8, 4) is 0 Å². The molecular formula is C14H14BrNS. The minimum Gasteiger partial charge on any atom is -0.381 e. The quantitative estimate of drug-likeness (QED) is 0.875. The number of nitrogens with one attached hydrogen (secondary N) is 1. The Hall–Kier alpha value is -0.670. The van der Waals surface area contributed by atoms with Crippen LogP contribution in [0, 0.1) is 0 Å². The molecule has 0 radical (unpaired) electrons. The maximum Gasteiger partial charge on any atom is 0.0359 e. The van der Waals surface area contributed by atoms with Crippen LogP contribution < -0.4 is 5.32 Å². The fraction of sp³-hybridized carbons (Fsp3) is 0.286. The van der Waals surface area contributed by atoms with Gasteiger partial charge in [0.15, 0.2) is 0 Å². The molecule has 0 spiro atoms. The van der Waals surface area contributed by atoms with Gasteiger partial charge in [0.1, 0.15) is 0 Å². The third-order valence-corrected chi connectivity index (χ3v) is 4.76. The van der Waals surface area contributed by atoms with E-state index in [0.29, 0.717) is 6.04 Å². The van der Waals surface area contributed by atoms with Crippen molar-refractivity contribution in [3.63, 3.8) is 0 Å². The highest BCUT2D eigenvalue weighted by molar-refractivity contribution is 9.10. The van der Waals surface area contributed by atoms with Crippen LogP contribution in [0.4, 0.5) is 5.69 Å². The van der Waals surface area contributed by atoms with Gasteiger partial charge in [-0.3, -0.25) is 0 Å². The van der Waals surface area contributed by atoms with E-state index in [0.717, 1.165) is 4.47 Å². The summed E-state index contributed by atoms with van der Waals surface area (Å²) >= 11 is 5.54. The van der Waals surface area contributed by atoms with E-state index in [9.17, 15) is 0 Å². The Morgan fingerprint density at radius 2 is 1.94 bits per heavy atom. The first-order valence-electron chi connectivity index (χ1n) is 5.85. The first-order chi connectivity index (χ1) is 8.31. The first kappa shape index (κ1) is 11.4. The van der Waals surface area contributed by atoms with E-state index < -0.39 is 0 Å². The van der Waals surface area contributed by atoms with Gasteiger partial charge in [-0.1, -0.05) is 28.1 Å². The lowest BCUT2D eigenvalue weighted by atomic mass is 10.1. The lowest BCUT2D eigenvalue weighted by Crippen LogP contribution is -2.17. The number of thioether (sulfide) groups is 1. The fourth-order valence-corrected chi connectivity index (χ4v) is 3.72. The van der Waals surface area contributed by atoms with E-state index >= 15 is 0 Å². The Morgan fingerprint density at radius 3 is 2.76 bits per heavy atom. The molecule has 1 aliphatic rings. The number of fused-ring (bicyclic) bond motifs is 1. The van der Waals surface area contributed by atoms with Crippen LogP contribution in [0.2, 0.25) is 0 Å². The Labute approximate surface area is 114 Å². The average molecular weight is 308 g/mol. The minimum absolute atomic E-state index is 0.646. The third-order valence-electron chi connectivity index (χ3n) is 3.10. The zero-order valence-electron chi connectivity index (χ0n) is 9.45. The number of anilines is 1. The zero-order chi connectivity index (χ0) is 11.7. The molecule has 1 atom stereocenters. The molecule has 1 aliphatic heterocycles. The molecule has 17 heavy (non-hydrogen) atoms. The number of hydrogen-bond donors (Lipinski definition) is 1. The summed E-state index contributed by atoms with van der Waals surface area (Å²) in [5.41, 5.74) is 1.24. The van der Waals surface area contributed by atoms with Gasteiger partial charge in [-0.25, -0.2) is 0 Å². The average Bonchev–Trinajstić information content (AvgIpc) is 2.82. The van der Waals surface area contributed by atoms with Gasteiger partial charge >= 0.3 is 0 Å². The first-order valence-corrected chi connectivity index (χ1v) is 7.80. The second kappa shape index (κ2) is 4.91. The topological polar surface area (TPSA) is 12.0 Å². The van der Waals surface area contributed by atoms with Gasteiger partial charge in [0.25, 0.3) is 0 Å². The van der Waals surface area contributed by atoms with Crippen LogP contribution in [0.15, 0.2) is 40.9 Å². The SMILES string of the molecule is Brc1ccc2cc(NC3CCSC3)ccc2c1. The summed E-state index contributed by atoms with van der Waals surface area (Å²) < 4.78 is 1.14. The fourth-order valence-electron chi connectivity index (χ4n) is 2.19. The van der Waals surface area contributed by atoms with Crippen molar-refractivity contribution in [1.29, 1.82) is 0 Å². The van der Waals surface area contributed by atoms with E-state index in [1.54, 1.807) is 0 Å². The lowest BCUT2D eigenvalue weighted by molar-refractivity contribution is 0.813. The summed E-state index contributed by atoms with van der Waals surface area (Å²) in [6.45, 7) is 0. The van der Waals surface area contributed by atoms with Crippen LogP contribution in [0.3, 0.4) is 0 Å². The van der Waals surface area contributed by atoms with E-state index in [4.69, 9.17) is 0 Å². The molecular weight excluding hydrogens is 294 g/mol. The number of rotatable bonds is 2. The molecule has 3 rings (SSSR count). The molecule has 1 unspecified atom stereocenters. The number of halogens is 1. The minimum atomic E-state index is 0.646. The molecule has 0 amide bonds. The second-order valence-corrected chi connectivity index (χ2v) is 6.48. The monoisotopic (exact) mass is 307 g/mol.